The van der Waals surface area contributed by atoms with E-state index < -0.39 is 30.5 Å². The van der Waals surface area contributed by atoms with Crippen LogP contribution in [-0.2, 0) is 9.59 Å². The zero-order valence-corrected chi connectivity index (χ0v) is 13.5. The molecule has 6 nitrogen and oxygen atoms in total. The second kappa shape index (κ2) is 8.12. The van der Waals surface area contributed by atoms with E-state index in [0.717, 1.165) is 5.56 Å². The summed E-state index contributed by atoms with van der Waals surface area (Å²) in [5.74, 6) is -2.13. The van der Waals surface area contributed by atoms with Gasteiger partial charge < -0.3 is 20.7 Å². The van der Waals surface area contributed by atoms with Gasteiger partial charge in [0.2, 0.25) is 0 Å². The SMILES string of the molecule is C=Cc1ccc(OC(CC(=O)O)C(N)C(=O)O)cc1.c1cc2ccc1-2. The number of aliphatic carboxylic acids is 2. The minimum absolute atomic E-state index is 0.355. The molecule has 2 aliphatic carbocycles. The largest absolute Gasteiger partial charge is 0.488 e. The van der Waals surface area contributed by atoms with Crippen LogP contribution in [0.25, 0.3) is 17.2 Å². The van der Waals surface area contributed by atoms with Crippen molar-refractivity contribution in [3.63, 3.8) is 0 Å². The monoisotopic (exact) mass is 341 g/mol. The molecule has 0 aromatic heterocycles. The number of rotatable bonds is 7. The van der Waals surface area contributed by atoms with Crippen molar-refractivity contribution in [2.45, 2.75) is 18.6 Å². The normalized spacial score (nSPS) is 12.8. The van der Waals surface area contributed by atoms with Gasteiger partial charge in [-0.1, -0.05) is 49.1 Å². The summed E-state index contributed by atoms with van der Waals surface area (Å²) in [6.07, 6.45) is 0.0163. The smallest absolute Gasteiger partial charge is 0.324 e. The van der Waals surface area contributed by atoms with E-state index in [1.807, 2.05) is 0 Å². The number of hydrogen-bond donors (Lipinski definition) is 3. The van der Waals surface area contributed by atoms with Crippen LogP contribution < -0.4 is 10.5 Å². The minimum Gasteiger partial charge on any atom is -0.488 e. The van der Waals surface area contributed by atoms with Crippen molar-refractivity contribution >= 4 is 18.0 Å². The fraction of sp³-hybridized carbons (Fsp3) is 0.158. The van der Waals surface area contributed by atoms with Gasteiger partial charge in [0.25, 0.3) is 0 Å². The van der Waals surface area contributed by atoms with E-state index in [-0.39, 0.29) is 0 Å². The number of benzene rings is 2. The molecule has 1 aromatic carbocycles. The molecule has 0 amide bonds. The third-order valence-corrected chi connectivity index (χ3v) is 3.68. The summed E-state index contributed by atoms with van der Waals surface area (Å²) in [5, 5.41) is 17.5. The number of ether oxygens (including phenoxy) is 1. The van der Waals surface area contributed by atoms with Crippen LogP contribution in [0, 0.1) is 0 Å². The Hall–Kier alpha value is -3.12. The number of nitrogens with two attached hydrogens (primary N) is 1. The first kappa shape index (κ1) is 18.2. The molecule has 0 spiro atoms. The fourth-order valence-electron chi connectivity index (χ4n) is 2.09. The molecule has 2 aliphatic rings. The minimum atomic E-state index is -1.41. The molecule has 2 unspecified atom stereocenters. The summed E-state index contributed by atoms with van der Waals surface area (Å²) in [7, 11) is 0. The van der Waals surface area contributed by atoms with Crippen LogP contribution in [0.5, 0.6) is 5.75 Å². The highest BCUT2D eigenvalue weighted by Crippen LogP contribution is 2.29. The standard InChI is InChI=1S/C13H15NO5.C6H4/c1-2-8-3-5-9(6-4-8)19-10(7-11(15)16)12(14)13(17)18;1-2-6-4-3-5(1)6/h2-6,10,12H,1,7,14H2,(H,15,16)(H,17,18);1-4H. The molecular weight excluding hydrogens is 322 g/mol. The Labute approximate surface area is 145 Å². The molecule has 0 bridgehead atoms. The average Bonchev–Trinajstić information content (AvgIpc) is 2.57. The first-order valence-corrected chi connectivity index (χ1v) is 7.60. The number of hydrogen-bond acceptors (Lipinski definition) is 4. The van der Waals surface area contributed by atoms with Crippen molar-refractivity contribution in [3.8, 4) is 16.9 Å². The third kappa shape index (κ3) is 4.92. The van der Waals surface area contributed by atoms with E-state index >= 15 is 0 Å². The van der Waals surface area contributed by atoms with Crippen molar-refractivity contribution < 1.29 is 24.5 Å². The lowest BCUT2D eigenvalue weighted by molar-refractivity contribution is -0.143. The molecule has 0 aliphatic heterocycles. The molecule has 1 aromatic rings. The van der Waals surface area contributed by atoms with Crippen molar-refractivity contribution in [3.05, 3.63) is 60.7 Å². The van der Waals surface area contributed by atoms with Crippen molar-refractivity contribution in [2.24, 2.45) is 5.73 Å². The van der Waals surface area contributed by atoms with E-state index in [4.69, 9.17) is 20.7 Å². The summed E-state index contributed by atoms with van der Waals surface area (Å²) >= 11 is 0. The maximum atomic E-state index is 10.8. The molecule has 0 saturated heterocycles. The maximum Gasteiger partial charge on any atom is 0.324 e. The zero-order chi connectivity index (χ0) is 18.4. The lowest BCUT2D eigenvalue weighted by Crippen LogP contribution is -2.46. The molecule has 4 N–H and O–H groups in total. The van der Waals surface area contributed by atoms with E-state index in [1.165, 1.54) is 11.1 Å². The third-order valence-electron chi connectivity index (χ3n) is 3.68. The Kier molecular flexibility index (Phi) is 5.92. The molecule has 0 saturated carbocycles. The van der Waals surface area contributed by atoms with Gasteiger partial charge in [-0.25, -0.2) is 0 Å². The molecule has 3 rings (SSSR count). The second-order valence-corrected chi connectivity index (χ2v) is 5.47. The molecular formula is C19H19NO5. The second-order valence-electron chi connectivity index (χ2n) is 5.47. The highest BCUT2D eigenvalue weighted by molar-refractivity contribution is 5.76. The van der Waals surface area contributed by atoms with Gasteiger partial charge in [-0.05, 0) is 28.8 Å². The van der Waals surface area contributed by atoms with Gasteiger partial charge in [-0.2, -0.15) is 0 Å². The number of carboxylic acids is 2. The Bertz CT molecular complexity index is 731. The summed E-state index contributed by atoms with van der Waals surface area (Å²) in [6.45, 7) is 3.60. The molecule has 2 atom stereocenters. The van der Waals surface area contributed by atoms with Gasteiger partial charge in [-0.15, -0.1) is 0 Å². The van der Waals surface area contributed by atoms with Crippen LogP contribution in [0.2, 0.25) is 0 Å². The summed E-state index contributed by atoms with van der Waals surface area (Å²) in [5.41, 5.74) is 9.13. The zero-order valence-electron chi connectivity index (χ0n) is 13.5. The highest BCUT2D eigenvalue weighted by atomic mass is 16.5. The summed E-state index contributed by atoms with van der Waals surface area (Å²) < 4.78 is 5.33. The Morgan fingerprint density at radius 3 is 1.88 bits per heavy atom. The van der Waals surface area contributed by atoms with Gasteiger partial charge in [0.15, 0.2) is 0 Å². The Morgan fingerprint density at radius 1 is 1.04 bits per heavy atom. The van der Waals surface area contributed by atoms with Crippen molar-refractivity contribution in [1.82, 2.24) is 0 Å². The lowest BCUT2D eigenvalue weighted by Gasteiger charge is -2.20. The highest BCUT2D eigenvalue weighted by Gasteiger charge is 2.28. The summed E-state index contributed by atoms with van der Waals surface area (Å²) in [6, 6.07) is 13.7. The predicted molar refractivity (Wildman–Crippen MR) is 94.2 cm³/mol. The van der Waals surface area contributed by atoms with Gasteiger partial charge >= 0.3 is 11.9 Å². The maximum absolute atomic E-state index is 10.8. The first-order valence-electron chi connectivity index (χ1n) is 7.60. The Balaban J connectivity index is 0.000000306. The van der Waals surface area contributed by atoms with Gasteiger partial charge in [0, 0.05) is 0 Å². The van der Waals surface area contributed by atoms with Crippen molar-refractivity contribution in [1.29, 1.82) is 0 Å². The van der Waals surface area contributed by atoms with Gasteiger partial charge in [0.05, 0.1) is 6.42 Å². The van der Waals surface area contributed by atoms with Crippen LogP contribution in [0.3, 0.4) is 0 Å². The van der Waals surface area contributed by atoms with Crippen LogP contribution in [0.1, 0.15) is 12.0 Å². The summed E-state index contributed by atoms with van der Waals surface area (Å²) in [4.78, 5) is 21.5. The fourth-order valence-corrected chi connectivity index (χ4v) is 2.09. The molecule has 25 heavy (non-hydrogen) atoms. The van der Waals surface area contributed by atoms with Crippen LogP contribution in [0.4, 0.5) is 0 Å². The van der Waals surface area contributed by atoms with E-state index in [9.17, 15) is 9.59 Å². The number of fused-ring (bicyclic) bond motifs is 1. The predicted octanol–water partition coefficient (Wildman–Crippen LogP) is 2.63. The van der Waals surface area contributed by atoms with Gasteiger partial charge in [-0.3, -0.25) is 9.59 Å². The quantitative estimate of drug-likeness (QED) is 0.609. The van der Waals surface area contributed by atoms with E-state index in [1.54, 1.807) is 30.3 Å². The van der Waals surface area contributed by atoms with Crippen LogP contribution in [-0.4, -0.2) is 34.3 Å². The molecule has 6 heteroatoms. The van der Waals surface area contributed by atoms with Crippen LogP contribution in [0.15, 0.2) is 55.1 Å². The van der Waals surface area contributed by atoms with Crippen molar-refractivity contribution in [2.75, 3.05) is 0 Å². The number of carbonyl (C=O) groups is 2. The molecule has 0 fully saturated rings. The molecule has 0 radical (unpaired) electrons. The lowest BCUT2D eigenvalue weighted by atomic mass is 9.95. The van der Waals surface area contributed by atoms with E-state index in [2.05, 4.69) is 30.8 Å². The topological polar surface area (TPSA) is 110 Å². The molecule has 0 heterocycles. The number of carboxylic acid groups (broad SMARTS) is 2. The average molecular weight is 341 g/mol. The van der Waals surface area contributed by atoms with Gasteiger partial charge in [0.1, 0.15) is 17.9 Å². The van der Waals surface area contributed by atoms with E-state index in [0.29, 0.717) is 5.75 Å². The Morgan fingerprint density at radius 2 is 1.56 bits per heavy atom. The molecule has 130 valence electrons. The van der Waals surface area contributed by atoms with Crippen LogP contribution >= 0.6 is 0 Å². The first-order chi connectivity index (χ1) is 11.9.